The van der Waals surface area contributed by atoms with Crippen molar-refractivity contribution in [1.82, 2.24) is 20.4 Å². The normalized spacial score (nSPS) is 23.7. The van der Waals surface area contributed by atoms with Gasteiger partial charge >= 0.3 is 6.18 Å². The third-order valence-corrected chi connectivity index (χ3v) is 5.41. The van der Waals surface area contributed by atoms with Crippen LogP contribution in [0, 0.1) is 0 Å². The Morgan fingerprint density at radius 3 is 2.71 bits per heavy atom. The van der Waals surface area contributed by atoms with Gasteiger partial charge in [-0.25, -0.2) is 0 Å². The molecular weight excluding hydrogens is 371 g/mol. The largest absolute Gasteiger partial charge is 0.468 e. The molecule has 1 aromatic heterocycles. The zero-order valence-electron chi connectivity index (χ0n) is 16.3. The summed E-state index contributed by atoms with van der Waals surface area (Å²) in [6.07, 6.45) is 1.83. The highest BCUT2D eigenvalue weighted by atomic mass is 19.4. The molecule has 2 saturated heterocycles. The van der Waals surface area contributed by atoms with E-state index in [1.165, 1.54) is 24.2 Å². The number of halogens is 3. The van der Waals surface area contributed by atoms with Crippen molar-refractivity contribution in [3.05, 3.63) is 24.2 Å². The number of hydrogen-bond donors (Lipinski definition) is 2. The molecule has 28 heavy (non-hydrogen) atoms. The molecule has 0 bridgehead atoms. The summed E-state index contributed by atoms with van der Waals surface area (Å²) in [6.45, 7) is 2.66. The number of alkyl halides is 3. The predicted octanol–water partition coefficient (Wildman–Crippen LogP) is 2.61. The smallest absolute Gasteiger partial charge is 0.401 e. The third-order valence-electron chi connectivity index (χ3n) is 5.41. The van der Waals surface area contributed by atoms with Crippen LogP contribution in [0.5, 0.6) is 0 Å². The number of nitrogens with one attached hydrogen (secondary N) is 2. The lowest BCUT2D eigenvalue weighted by molar-refractivity contribution is -0.143. The van der Waals surface area contributed by atoms with Crippen molar-refractivity contribution in [2.24, 2.45) is 4.99 Å². The van der Waals surface area contributed by atoms with Crippen LogP contribution in [-0.4, -0.2) is 74.3 Å². The Morgan fingerprint density at radius 2 is 2.07 bits per heavy atom. The molecule has 0 saturated carbocycles. The summed E-state index contributed by atoms with van der Waals surface area (Å²) in [7, 11) is 1.68. The summed E-state index contributed by atoms with van der Waals surface area (Å²) in [4.78, 5) is 8.11. The van der Waals surface area contributed by atoms with Gasteiger partial charge in [-0.05, 0) is 44.5 Å². The Hall–Kier alpha value is -1.74. The second kappa shape index (κ2) is 9.65. The van der Waals surface area contributed by atoms with Crippen LogP contribution in [0.15, 0.2) is 27.8 Å². The van der Waals surface area contributed by atoms with E-state index >= 15 is 0 Å². The van der Waals surface area contributed by atoms with Gasteiger partial charge in [-0.1, -0.05) is 6.42 Å². The van der Waals surface area contributed by atoms with Crippen molar-refractivity contribution >= 4 is 5.96 Å². The minimum Gasteiger partial charge on any atom is -0.468 e. The number of guanidine groups is 1. The van der Waals surface area contributed by atoms with Gasteiger partial charge < -0.3 is 15.1 Å². The zero-order valence-corrected chi connectivity index (χ0v) is 16.3. The van der Waals surface area contributed by atoms with Gasteiger partial charge in [0.15, 0.2) is 5.96 Å². The topological polar surface area (TPSA) is 56.0 Å². The van der Waals surface area contributed by atoms with Crippen LogP contribution in [0.1, 0.15) is 37.5 Å². The number of hydrogen-bond acceptors (Lipinski definition) is 4. The van der Waals surface area contributed by atoms with Crippen LogP contribution >= 0.6 is 0 Å². The van der Waals surface area contributed by atoms with Crippen LogP contribution in [0.25, 0.3) is 0 Å². The molecule has 6 nitrogen and oxygen atoms in total. The quantitative estimate of drug-likeness (QED) is 0.567. The molecule has 1 aromatic rings. The second-order valence-corrected chi connectivity index (χ2v) is 7.56. The lowest BCUT2D eigenvalue weighted by atomic mass is 10.1. The van der Waals surface area contributed by atoms with E-state index in [0.29, 0.717) is 32.0 Å². The summed E-state index contributed by atoms with van der Waals surface area (Å²) in [5, 5.41) is 6.61. The molecule has 0 amide bonds. The van der Waals surface area contributed by atoms with Gasteiger partial charge in [0.2, 0.25) is 0 Å². The molecule has 2 aliphatic rings. The number of nitrogens with zero attached hydrogens (tertiary/aromatic N) is 3. The number of rotatable bonds is 6. The minimum atomic E-state index is -4.15. The van der Waals surface area contributed by atoms with Gasteiger partial charge in [0.25, 0.3) is 0 Å². The molecule has 2 N–H and O–H groups in total. The van der Waals surface area contributed by atoms with Gasteiger partial charge in [0.1, 0.15) is 5.76 Å². The molecular formula is C19H30F3N5O. The van der Waals surface area contributed by atoms with E-state index in [9.17, 15) is 13.2 Å². The Morgan fingerprint density at radius 1 is 1.29 bits per heavy atom. The molecule has 0 spiro atoms. The Balaban J connectivity index is 1.52. The average Bonchev–Trinajstić information content (AvgIpc) is 3.33. The van der Waals surface area contributed by atoms with Crippen molar-refractivity contribution in [2.45, 2.75) is 43.9 Å². The van der Waals surface area contributed by atoms with Crippen LogP contribution in [0.4, 0.5) is 13.2 Å². The first-order valence-electron chi connectivity index (χ1n) is 9.98. The fourth-order valence-corrected chi connectivity index (χ4v) is 4.05. The lowest BCUT2D eigenvalue weighted by Gasteiger charge is -2.34. The number of likely N-dealkylation sites (tertiary alicyclic amines) is 2. The van der Waals surface area contributed by atoms with E-state index in [1.54, 1.807) is 13.3 Å². The van der Waals surface area contributed by atoms with E-state index < -0.39 is 12.7 Å². The SMILES string of the molecule is CN=C(NCC(c1ccco1)N1CCCCC1)NC1CCN(CC(F)(F)F)C1. The second-order valence-electron chi connectivity index (χ2n) is 7.56. The first-order chi connectivity index (χ1) is 13.4. The van der Waals surface area contributed by atoms with Crippen LogP contribution in [0.3, 0.4) is 0 Å². The molecule has 0 aliphatic carbocycles. The van der Waals surface area contributed by atoms with Crippen molar-refractivity contribution < 1.29 is 17.6 Å². The van der Waals surface area contributed by atoms with Gasteiger partial charge in [0, 0.05) is 32.7 Å². The zero-order chi connectivity index (χ0) is 20.0. The monoisotopic (exact) mass is 401 g/mol. The van der Waals surface area contributed by atoms with E-state index in [-0.39, 0.29) is 12.1 Å². The summed E-state index contributed by atoms with van der Waals surface area (Å²) in [5.74, 6) is 1.54. The van der Waals surface area contributed by atoms with E-state index in [2.05, 4.69) is 20.5 Å². The number of furan rings is 1. The number of aliphatic imine (C=N–C) groups is 1. The summed E-state index contributed by atoms with van der Waals surface area (Å²) >= 11 is 0. The Labute approximate surface area is 164 Å². The molecule has 2 aliphatic heterocycles. The van der Waals surface area contributed by atoms with E-state index in [1.807, 2.05) is 12.1 Å². The van der Waals surface area contributed by atoms with Crippen LogP contribution in [0.2, 0.25) is 0 Å². The Kier molecular flexibility index (Phi) is 7.23. The molecule has 3 rings (SSSR count). The Bertz CT molecular complexity index is 614. The van der Waals surface area contributed by atoms with Crippen molar-refractivity contribution in [3.8, 4) is 0 Å². The van der Waals surface area contributed by atoms with Gasteiger partial charge in [0.05, 0.1) is 18.8 Å². The maximum atomic E-state index is 12.6. The van der Waals surface area contributed by atoms with E-state index in [0.717, 1.165) is 18.8 Å². The van der Waals surface area contributed by atoms with Crippen molar-refractivity contribution in [2.75, 3.05) is 46.3 Å². The number of piperidine rings is 1. The average molecular weight is 401 g/mol. The third kappa shape index (κ3) is 6.13. The van der Waals surface area contributed by atoms with Gasteiger partial charge in [-0.2, -0.15) is 13.2 Å². The van der Waals surface area contributed by atoms with Gasteiger partial charge in [-0.3, -0.25) is 14.8 Å². The highest BCUT2D eigenvalue weighted by molar-refractivity contribution is 5.80. The first-order valence-corrected chi connectivity index (χ1v) is 9.98. The maximum Gasteiger partial charge on any atom is 0.401 e. The summed E-state index contributed by atoms with van der Waals surface area (Å²) in [6, 6.07) is 3.96. The first kappa shape index (κ1) is 21.0. The highest BCUT2D eigenvalue weighted by Crippen LogP contribution is 2.24. The molecule has 0 radical (unpaired) electrons. The van der Waals surface area contributed by atoms with Crippen LogP contribution < -0.4 is 10.6 Å². The van der Waals surface area contributed by atoms with E-state index in [4.69, 9.17) is 4.42 Å². The molecule has 0 aromatic carbocycles. The highest BCUT2D eigenvalue weighted by Gasteiger charge is 2.34. The summed E-state index contributed by atoms with van der Waals surface area (Å²) < 4.78 is 43.4. The van der Waals surface area contributed by atoms with Crippen molar-refractivity contribution in [1.29, 1.82) is 0 Å². The van der Waals surface area contributed by atoms with Crippen molar-refractivity contribution in [3.63, 3.8) is 0 Å². The molecule has 158 valence electrons. The molecule has 2 unspecified atom stereocenters. The van der Waals surface area contributed by atoms with Gasteiger partial charge in [-0.15, -0.1) is 0 Å². The minimum absolute atomic E-state index is 0.0365. The summed E-state index contributed by atoms with van der Waals surface area (Å²) in [5.41, 5.74) is 0. The fourth-order valence-electron chi connectivity index (χ4n) is 4.05. The standard InChI is InChI=1S/C19H30F3N5O/c1-23-18(25-15-7-10-26(13-15)14-19(20,21)22)24-12-16(17-6-5-11-28-17)27-8-3-2-4-9-27/h5-6,11,15-16H,2-4,7-10,12-14H2,1H3,(H2,23,24,25). The predicted molar refractivity (Wildman–Crippen MR) is 102 cm³/mol. The molecule has 2 atom stereocenters. The fraction of sp³-hybridized carbons (Fsp3) is 0.737. The molecule has 2 fully saturated rings. The molecule has 9 heteroatoms. The lowest BCUT2D eigenvalue weighted by Crippen LogP contribution is -2.48. The maximum absolute atomic E-state index is 12.6. The molecule has 3 heterocycles. The van der Waals surface area contributed by atoms with Crippen LogP contribution in [-0.2, 0) is 0 Å².